The maximum atomic E-state index is 11.3. The topological polar surface area (TPSA) is 130 Å². The predicted molar refractivity (Wildman–Crippen MR) is 90.3 cm³/mol. The van der Waals surface area contributed by atoms with Crippen LogP contribution in [0.2, 0.25) is 0 Å². The van der Waals surface area contributed by atoms with E-state index < -0.39 is 10.1 Å². The molecular weight excluding hydrogens is 402 g/mol. The van der Waals surface area contributed by atoms with Crippen molar-refractivity contribution in [2.45, 2.75) is 6.54 Å². The van der Waals surface area contributed by atoms with Crippen LogP contribution in [0.25, 0.3) is 11.2 Å². The largest absolute Gasteiger partial charge is 0.506 e. The fourth-order valence-corrected chi connectivity index (χ4v) is 2.75. The van der Waals surface area contributed by atoms with Gasteiger partial charge in [0.05, 0.1) is 17.1 Å². The van der Waals surface area contributed by atoms with Crippen LogP contribution in [0.3, 0.4) is 0 Å². The van der Waals surface area contributed by atoms with Crippen LogP contribution in [0.15, 0.2) is 29.0 Å². The molecule has 3 aromatic rings. The maximum Gasteiger partial charge on any atom is 0.337 e. The van der Waals surface area contributed by atoms with Crippen LogP contribution >= 0.6 is 15.9 Å². The molecule has 0 bridgehead atoms. The summed E-state index contributed by atoms with van der Waals surface area (Å²) >= 11 is 3.24. The van der Waals surface area contributed by atoms with E-state index in [0.717, 1.165) is 6.26 Å². The Bertz CT molecular complexity index is 1000. The molecule has 11 heteroatoms. The SMILES string of the molecule is CS(=O)(=O)Oc1nc(NCc2cccc(Br)c2O)c2[nH]cnc2n1. The molecule has 0 aliphatic heterocycles. The van der Waals surface area contributed by atoms with Crippen molar-refractivity contribution in [1.29, 1.82) is 0 Å². The number of aromatic hydroxyl groups is 1. The highest BCUT2D eigenvalue weighted by Gasteiger charge is 2.15. The maximum absolute atomic E-state index is 11.3. The molecule has 0 aliphatic carbocycles. The van der Waals surface area contributed by atoms with Gasteiger partial charge in [0.1, 0.15) is 11.3 Å². The molecule has 0 atom stereocenters. The highest BCUT2D eigenvalue weighted by molar-refractivity contribution is 9.10. The van der Waals surface area contributed by atoms with E-state index in [1.165, 1.54) is 6.33 Å². The van der Waals surface area contributed by atoms with E-state index in [-0.39, 0.29) is 24.0 Å². The van der Waals surface area contributed by atoms with Crippen molar-refractivity contribution in [1.82, 2.24) is 19.9 Å². The zero-order valence-electron chi connectivity index (χ0n) is 12.3. The van der Waals surface area contributed by atoms with Gasteiger partial charge in [0.25, 0.3) is 0 Å². The van der Waals surface area contributed by atoms with Crippen LogP contribution in [-0.2, 0) is 16.7 Å². The van der Waals surface area contributed by atoms with Gasteiger partial charge in [-0.1, -0.05) is 12.1 Å². The number of phenolic OH excluding ortho intramolecular Hbond substituents is 1. The third-order valence-electron chi connectivity index (χ3n) is 3.01. The summed E-state index contributed by atoms with van der Waals surface area (Å²) in [5, 5.41) is 13.0. The number of H-pyrrole nitrogens is 1. The lowest BCUT2D eigenvalue weighted by atomic mass is 10.2. The Kier molecular flexibility index (Phi) is 4.28. The monoisotopic (exact) mass is 413 g/mol. The summed E-state index contributed by atoms with van der Waals surface area (Å²) in [6.07, 6.45) is 2.31. The van der Waals surface area contributed by atoms with E-state index >= 15 is 0 Å². The molecule has 0 fully saturated rings. The zero-order valence-corrected chi connectivity index (χ0v) is 14.7. The molecule has 1 aromatic carbocycles. The first-order valence-electron chi connectivity index (χ1n) is 6.64. The summed E-state index contributed by atoms with van der Waals surface area (Å²) < 4.78 is 27.8. The number of fused-ring (bicyclic) bond motifs is 1. The Morgan fingerprint density at radius 3 is 2.92 bits per heavy atom. The first-order valence-corrected chi connectivity index (χ1v) is 9.25. The van der Waals surface area contributed by atoms with Gasteiger partial charge in [-0.05, 0) is 22.0 Å². The molecule has 0 spiro atoms. The molecule has 3 rings (SSSR count). The minimum absolute atomic E-state index is 0.104. The molecule has 9 nitrogen and oxygen atoms in total. The molecule has 3 N–H and O–H groups in total. The second-order valence-electron chi connectivity index (χ2n) is 4.84. The zero-order chi connectivity index (χ0) is 17.3. The molecule has 0 amide bonds. The lowest BCUT2D eigenvalue weighted by Gasteiger charge is -2.10. The molecule has 0 saturated carbocycles. The fourth-order valence-electron chi connectivity index (χ4n) is 2.00. The van der Waals surface area contributed by atoms with E-state index in [2.05, 4.69) is 41.2 Å². The van der Waals surface area contributed by atoms with Crippen LogP contribution in [0.5, 0.6) is 11.8 Å². The number of anilines is 1. The molecule has 2 aromatic heterocycles. The van der Waals surface area contributed by atoms with E-state index in [4.69, 9.17) is 4.18 Å². The number of hydrogen-bond acceptors (Lipinski definition) is 8. The first kappa shape index (κ1) is 16.5. The van der Waals surface area contributed by atoms with Crippen LogP contribution in [0.1, 0.15) is 5.56 Å². The van der Waals surface area contributed by atoms with Gasteiger partial charge in [0.2, 0.25) is 0 Å². The summed E-state index contributed by atoms with van der Waals surface area (Å²) in [6.45, 7) is 0.245. The molecule has 0 aliphatic rings. The molecule has 0 radical (unpaired) electrons. The number of aromatic nitrogens is 4. The van der Waals surface area contributed by atoms with Crippen LogP contribution in [0, 0.1) is 0 Å². The molecule has 2 heterocycles. The third-order valence-corrected chi connectivity index (χ3v) is 4.10. The minimum Gasteiger partial charge on any atom is -0.506 e. The number of para-hydroxylation sites is 1. The smallest absolute Gasteiger partial charge is 0.337 e. The Balaban J connectivity index is 1.93. The second-order valence-corrected chi connectivity index (χ2v) is 7.27. The van der Waals surface area contributed by atoms with Crippen molar-refractivity contribution in [3.8, 4) is 11.8 Å². The number of halogens is 1. The van der Waals surface area contributed by atoms with Crippen molar-refractivity contribution >= 4 is 43.0 Å². The normalized spacial score (nSPS) is 11.6. The Morgan fingerprint density at radius 1 is 1.38 bits per heavy atom. The van der Waals surface area contributed by atoms with Gasteiger partial charge >= 0.3 is 16.1 Å². The highest BCUT2D eigenvalue weighted by atomic mass is 79.9. The average Bonchev–Trinajstić information content (AvgIpc) is 2.95. The number of imidazole rings is 1. The molecule has 126 valence electrons. The summed E-state index contributed by atoms with van der Waals surface area (Å²) in [5.41, 5.74) is 1.37. The highest BCUT2D eigenvalue weighted by Crippen LogP contribution is 2.28. The van der Waals surface area contributed by atoms with Gasteiger partial charge in [-0.2, -0.15) is 18.4 Å². The second kappa shape index (κ2) is 6.24. The van der Waals surface area contributed by atoms with Crippen molar-refractivity contribution < 1.29 is 17.7 Å². The quantitative estimate of drug-likeness (QED) is 0.539. The predicted octanol–water partition coefficient (Wildman–Crippen LogP) is 1.77. The summed E-state index contributed by atoms with van der Waals surface area (Å²) in [6, 6.07) is 4.91. The van der Waals surface area contributed by atoms with E-state index in [1.807, 2.05) is 0 Å². The Morgan fingerprint density at radius 2 is 2.17 bits per heavy atom. The molecule has 0 saturated heterocycles. The third kappa shape index (κ3) is 3.57. The van der Waals surface area contributed by atoms with E-state index in [0.29, 0.717) is 21.4 Å². The van der Waals surface area contributed by atoms with Crippen LogP contribution in [0.4, 0.5) is 5.82 Å². The number of nitrogens with one attached hydrogen (secondary N) is 2. The number of benzene rings is 1. The average molecular weight is 414 g/mol. The van der Waals surface area contributed by atoms with Crippen molar-refractivity contribution in [3.63, 3.8) is 0 Å². The van der Waals surface area contributed by atoms with Crippen molar-refractivity contribution in [2.75, 3.05) is 11.6 Å². The van der Waals surface area contributed by atoms with Crippen LogP contribution < -0.4 is 9.50 Å². The van der Waals surface area contributed by atoms with Crippen molar-refractivity contribution in [2.24, 2.45) is 0 Å². The van der Waals surface area contributed by atoms with E-state index in [9.17, 15) is 13.5 Å². The first-order chi connectivity index (χ1) is 11.3. The molecule has 0 unspecified atom stereocenters. The number of aromatic amines is 1. The minimum atomic E-state index is -3.76. The lowest BCUT2D eigenvalue weighted by molar-refractivity contribution is 0.465. The van der Waals surface area contributed by atoms with Gasteiger partial charge in [0.15, 0.2) is 11.5 Å². The Labute approximate surface area is 145 Å². The number of phenols is 1. The molecular formula is C13H12BrN5O4S. The number of nitrogens with zero attached hydrogens (tertiary/aromatic N) is 3. The standard InChI is InChI=1S/C13H12BrN5O4S/c1-24(21,22)23-13-18-11(9-12(19-13)17-6-16-9)15-5-7-3-2-4-8(14)10(7)20/h2-4,6,20H,5H2,1H3,(H2,15,16,17,18,19). The number of rotatable bonds is 5. The summed E-state index contributed by atoms with van der Waals surface area (Å²) in [4.78, 5) is 14.8. The van der Waals surface area contributed by atoms with Crippen molar-refractivity contribution in [3.05, 3.63) is 34.6 Å². The fraction of sp³-hybridized carbons (Fsp3) is 0.154. The van der Waals surface area contributed by atoms with Crippen LogP contribution in [-0.4, -0.2) is 39.7 Å². The summed E-state index contributed by atoms with van der Waals surface area (Å²) in [5.74, 6) is 0.406. The molecule has 24 heavy (non-hydrogen) atoms. The van der Waals surface area contributed by atoms with Gasteiger partial charge in [-0.3, -0.25) is 0 Å². The van der Waals surface area contributed by atoms with Gasteiger partial charge in [0, 0.05) is 12.1 Å². The van der Waals surface area contributed by atoms with Gasteiger partial charge < -0.3 is 19.6 Å². The van der Waals surface area contributed by atoms with Gasteiger partial charge in [-0.25, -0.2) is 4.98 Å². The van der Waals surface area contributed by atoms with Gasteiger partial charge in [-0.15, -0.1) is 0 Å². The summed E-state index contributed by atoms with van der Waals surface area (Å²) in [7, 11) is -3.76. The Hall–Kier alpha value is -2.40. The lowest BCUT2D eigenvalue weighted by Crippen LogP contribution is -2.10. The number of hydrogen-bond donors (Lipinski definition) is 3. The van der Waals surface area contributed by atoms with E-state index in [1.54, 1.807) is 18.2 Å².